The molecule has 1 aliphatic carbocycles. The van der Waals surface area contributed by atoms with Crippen molar-refractivity contribution in [2.24, 2.45) is 5.73 Å². The summed E-state index contributed by atoms with van der Waals surface area (Å²) in [5, 5.41) is 0. The molecule has 6 N–H and O–H groups in total. The molecule has 0 saturated heterocycles. The van der Waals surface area contributed by atoms with E-state index in [0.717, 1.165) is 33.6 Å². The van der Waals surface area contributed by atoms with E-state index < -0.39 is 3.55 Å². The Morgan fingerprint density at radius 2 is 1.24 bits per heavy atom. The van der Waals surface area contributed by atoms with Crippen molar-refractivity contribution in [2.45, 2.75) is 3.55 Å². The molecule has 17 heavy (non-hydrogen) atoms. The van der Waals surface area contributed by atoms with Gasteiger partial charge in [-0.2, -0.15) is 0 Å². The SMILES string of the molecule is Nc1ccc2c(c1)C(N)(I)c1cc(N)ccc1-2. The van der Waals surface area contributed by atoms with E-state index >= 15 is 0 Å². The summed E-state index contributed by atoms with van der Waals surface area (Å²) < 4.78 is -0.548. The number of hydrogen-bond donors (Lipinski definition) is 3. The molecule has 0 spiro atoms. The monoisotopic (exact) mass is 337 g/mol. The van der Waals surface area contributed by atoms with Gasteiger partial charge in [-0.3, -0.25) is 0 Å². The van der Waals surface area contributed by atoms with Crippen molar-refractivity contribution < 1.29 is 0 Å². The molecule has 0 aliphatic heterocycles. The number of anilines is 2. The maximum atomic E-state index is 6.41. The lowest BCUT2D eigenvalue weighted by molar-refractivity contribution is 0.862. The van der Waals surface area contributed by atoms with Gasteiger partial charge in [0, 0.05) is 11.4 Å². The first kappa shape index (κ1) is 10.9. The number of halogens is 1. The highest BCUT2D eigenvalue weighted by atomic mass is 127. The van der Waals surface area contributed by atoms with Gasteiger partial charge < -0.3 is 17.2 Å². The number of alkyl halides is 1. The average Bonchev–Trinajstić information content (AvgIpc) is 2.49. The van der Waals surface area contributed by atoms with E-state index in [0.29, 0.717) is 0 Å². The molecule has 4 heteroatoms. The molecule has 0 radical (unpaired) electrons. The van der Waals surface area contributed by atoms with Crippen molar-refractivity contribution >= 4 is 34.0 Å². The molecular weight excluding hydrogens is 325 g/mol. The van der Waals surface area contributed by atoms with Gasteiger partial charge in [0.2, 0.25) is 0 Å². The molecule has 1 aliphatic rings. The molecule has 3 nitrogen and oxygen atoms in total. The second-order valence-electron chi connectivity index (χ2n) is 4.32. The fourth-order valence-corrected chi connectivity index (χ4v) is 3.23. The third-order valence-corrected chi connectivity index (χ3v) is 4.32. The largest absolute Gasteiger partial charge is 0.399 e. The van der Waals surface area contributed by atoms with E-state index in [9.17, 15) is 0 Å². The zero-order valence-electron chi connectivity index (χ0n) is 9.07. The summed E-state index contributed by atoms with van der Waals surface area (Å²) in [6, 6.07) is 11.7. The highest BCUT2D eigenvalue weighted by Crippen LogP contribution is 2.50. The van der Waals surface area contributed by atoms with Gasteiger partial charge in [0.05, 0.1) is 0 Å². The van der Waals surface area contributed by atoms with Crippen molar-refractivity contribution in [3.8, 4) is 11.1 Å². The van der Waals surface area contributed by atoms with Crippen LogP contribution in [0.3, 0.4) is 0 Å². The highest BCUT2D eigenvalue weighted by molar-refractivity contribution is 14.1. The molecule has 0 bridgehead atoms. The van der Waals surface area contributed by atoms with Crippen LogP contribution < -0.4 is 17.2 Å². The molecule has 0 heterocycles. The van der Waals surface area contributed by atoms with E-state index in [2.05, 4.69) is 22.6 Å². The van der Waals surface area contributed by atoms with Gasteiger partial charge in [0.1, 0.15) is 3.55 Å². The van der Waals surface area contributed by atoms with Crippen molar-refractivity contribution in [1.82, 2.24) is 0 Å². The van der Waals surface area contributed by atoms with E-state index in [1.807, 2.05) is 36.4 Å². The van der Waals surface area contributed by atoms with E-state index in [4.69, 9.17) is 17.2 Å². The van der Waals surface area contributed by atoms with E-state index in [1.54, 1.807) is 0 Å². The molecule has 0 atom stereocenters. The minimum absolute atomic E-state index is 0.548. The number of fused-ring (bicyclic) bond motifs is 3. The molecule has 0 aromatic heterocycles. The second-order valence-corrected chi connectivity index (χ2v) is 6.02. The lowest BCUT2D eigenvalue weighted by Crippen LogP contribution is -2.28. The first-order chi connectivity index (χ1) is 8.00. The Hall–Kier alpha value is -1.27. The van der Waals surface area contributed by atoms with Crippen LogP contribution in [-0.4, -0.2) is 0 Å². The summed E-state index contributed by atoms with van der Waals surface area (Å²) in [5.41, 5.74) is 23.9. The van der Waals surface area contributed by atoms with Gasteiger partial charge in [-0.05, 0) is 46.5 Å². The molecular formula is C13H12IN3. The molecule has 3 rings (SSSR count). The summed E-state index contributed by atoms with van der Waals surface area (Å²) in [6.07, 6.45) is 0. The van der Waals surface area contributed by atoms with Crippen molar-refractivity contribution in [3.05, 3.63) is 47.5 Å². The van der Waals surface area contributed by atoms with E-state index in [1.165, 1.54) is 0 Å². The predicted molar refractivity (Wildman–Crippen MR) is 79.7 cm³/mol. The normalized spacial score (nSPS) is 15.4. The highest BCUT2D eigenvalue weighted by Gasteiger charge is 2.37. The summed E-state index contributed by atoms with van der Waals surface area (Å²) in [5.74, 6) is 0. The van der Waals surface area contributed by atoms with Crippen molar-refractivity contribution in [2.75, 3.05) is 11.5 Å². The maximum Gasteiger partial charge on any atom is 0.120 e. The Labute approximate surface area is 113 Å². The van der Waals surface area contributed by atoms with Crippen molar-refractivity contribution in [3.63, 3.8) is 0 Å². The number of benzene rings is 2. The maximum absolute atomic E-state index is 6.41. The predicted octanol–water partition coefficient (Wildman–Crippen LogP) is 2.43. The average molecular weight is 337 g/mol. The molecule has 2 aromatic rings. The van der Waals surface area contributed by atoms with Gasteiger partial charge in [0.25, 0.3) is 0 Å². The number of rotatable bonds is 0. The summed E-state index contributed by atoms with van der Waals surface area (Å²) in [4.78, 5) is 0. The van der Waals surface area contributed by atoms with Crippen LogP contribution in [0.2, 0.25) is 0 Å². The third kappa shape index (κ3) is 1.44. The molecule has 0 amide bonds. The van der Waals surface area contributed by atoms with E-state index in [-0.39, 0.29) is 0 Å². The van der Waals surface area contributed by atoms with Gasteiger partial charge in [0.15, 0.2) is 0 Å². The fraction of sp³-hybridized carbons (Fsp3) is 0.0769. The topological polar surface area (TPSA) is 78.1 Å². The van der Waals surface area contributed by atoms with Crippen LogP contribution in [-0.2, 0) is 3.55 Å². The van der Waals surface area contributed by atoms with Crippen LogP contribution in [0.25, 0.3) is 11.1 Å². The molecule has 0 fully saturated rings. The Bertz CT molecular complexity index is 567. The van der Waals surface area contributed by atoms with Crippen LogP contribution in [0.4, 0.5) is 11.4 Å². The standard InChI is InChI=1S/C13H12IN3/c14-13(17)11-5-7(15)1-3-9(11)10-4-2-8(16)6-12(10)13/h1-6H,15-17H2. The minimum atomic E-state index is -0.548. The molecule has 0 unspecified atom stereocenters. The van der Waals surface area contributed by atoms with Crippen LogP contribution in [0, 0.1) is 0 Å². The quantitative estimate of drug-likeness (QED) is 0.299. The first-order valence-corrected chi connectivity index (χ1v) is 6.36. The summed E-state index contributed by atoms with van der Waals surface area (Å²) in [6.45, 7) is 0. The van der Waals surface area contributed by atoms with Crippen LogP contribution >= 0.6 is 22.6 Å². The summed E-state index contributed by atoms with van der Waals surface area (Å²) >= 11 is 2.25. The second kappa shape index (κ2) is 3.36. The number of nitrogens with two attached hydrogens (primary N) is 3. The van der Waals surface area contributed by atoms with Crippen LogP contribution in [0.15, 0.2) is 36.4 Å². The molecule has 0 saturated carbocycles. The first-order valence-electron chi connectivity index (χ1n) is 5.28. The number of nitrogen functional groups attached to an aromatic ring is 2. The number of hydrogen-bond acceptors (Lipinski definition) is 3. The zero-order chi connectivity index (χ0) is 12.2. The Morgan fingerprint density at radius 1 is 0.824 bits per heavy atom. The van der Waals surface area contributed by atoms with Gasteiger partial charge >= 0.3 is 0 Å². The van der Waals surface area contributed by atoms with Crippen molar-refractivity contribution in [1.29, 1.82) is 0 Å². The Morgan fingerprint density at radius 3 is 1.65 bits per heavy atom. The Balaban J connectivity index is 2.37. The Kier molecular flexibility index (Phi) is 2.15. The third-order valence-electron chi connectivity index (χ3n) is 3.16. The molecule has 86 valence electrons. The van der Waals surface area contributed by atoms with Crippen LogP contribution in [0.1, 0.15) is 11.1 Å². The fourth-order valence-electron chi connectivity index (χ4n) is 2.34. The van der Waals surface area contributed by atoms with Gasteiger partial charge in [-0.25, -0.2) is 0 Å². The minimum Gasteiger partial charge on any atom is -0.399 e. The molecule has 2 aromatic carbocycles. The van der Waals surface area contributed by atoms with Gasteiger partial charge in [-0.1, -0.05) is 34.7 Å². The lowest BCUT2D eigenvalue weighted by Gasteiger charge is -2.19. The zero-order valence-corrected chi connectivity index (χ0v) is 11.2. The summed E-state index contributed by atoms with van der Waals surface area (Å²) in [7, 11) is 0. The smallest absolute Gasteiger partial charge is 0.120 e. The lowest BCUT2D eigenvalue weighted by atomic mass is 10.1. The van der Waals surface area contributed by atoms with Gasteiger partial charge in [-0.15, -0.1) is 0 Å². The van der Waals surface area contributed by atoms with Crippen LogP contribution in [0.5, 0.6) is 0 Å².